The van der Waals surface area contributed by atoms with E-state index in [2.05, 4.69) is 5.32 Å². The van der Waals surface area contributed by atoms with Crippen LogP contribution >= 0.6 is 0 Å². The Morgan fingerprint density at radius 2 is 2.05 bits per heavy atom. The summed E-state index contributed by atoms with van der Waals surface area (Å²) in [6.07, 6.45) is 0.848. The fraction of sp³-hybridized carbons (Fsp3) is 0.571. The number of nitrogens with one attached hydrogen (secondary N) is 1. The summed E-state index contributed by atoms with van der Waals surface area (Å²) in [4.78, 5) is 10.5. The van der Waals surface area contributed by atoms with Gasteiger partial charge in [0, 0.05) is 24.9 Å². The maximum Gasteiger partial charge on any atom is 0.275 e. The molecule has 6 nitrogen and oxygen atoms in total. The number of anilines is 1. The summed E-state index contributed by atoms with van der Waals surface area (Å²) in [7, 11) is 1.62. The standard InChI is InChI=1S/C14H22N2O4/c1-5-6-20-13-8-11(7-12(9-13)16(17)18)15-14(2,3)10-19-4/h7-9,15H,5-6,10H2,1-4H3. The lowest BCUT2D eigenvalue weighted by Crippen LogP contribution is -2.35. The summed E-state index contributed by atoms with van der Waals surface area (Å²) >= 11 is 0. The average Bonchev–Trinajstić information content (AvgIpc) is 2.35. The van der Waals surface area contributed by atoms with Crippen LogP contribution < -0.4 is 10.1 Å². The largest absolute Gasteiger partial charge is 0.493 e. The highest BCUT2D eigenvalue weighted by atomic mass is 16.6. The highest BCUT2D eigenvalue weighted by Crippen LogP contribution is 2.28. The van der Waals surface area contributed by atoms with Crippen LogP contribution in [0.15, 0.2) is 18.2 Å². The van der Waals surface area contributed by atoms with Crippen molar-refractivity contribution in [1.29, 1.82) is 0 Å². The lowest BCUT2D eigenvalue weighted by molar-refractivity contribution is -0.384. The predicted octanol–water partition coefficient (Wildman–Crippen LogP) is 3.22. The first-order valence-corrected chi connectivity index (χ1v) is 6.57. The van der Waals surface area contributed by atoms with Gasteiger partial charge in [-0.15, -0.1) is 0 Å². The quantitative estimate of drug-likeness (QED) is 0.585. The molecule has 0 radical (unpaired) electrons. The second-order valence-electron chi connectivity index (χ2n) is 5.26. The molecule has 0 heterocycles. The van der Waals surface area contributed by atoms with Crippen molar-refractivity contribution in [2.45, 2.75) is 32.7 Å². The first-order chi connectivity index (χ1) is 9.38. The molecule has 6 heteroatoms. The van der Waals surface area contributed by atoms with Crippen LogP contribution in [0.3, 0.4) is 0 Å². The van der Waals surface area contributed by atoms with Gasteiger partial charge in [-0.1, -0.05) is 6.92 Å². The summed E-state index contributed by atoms with van der Waals surface area (Å²) < 4.78 is 10.6. The van der Waals surface area contributed by atoms with Gasteiger partial charge < -0.3 is 14.8 Å². The molecule has 1 rings (SSSR count). The zero-order valence-electron chi connectivity index (χ0n) is 12.4. The van der Waals surface area contributed by atoms with Gasteiger partial charge in [0.25, 0.3) is 5.69 Å². The number of ether oxygens (including phenoxy) is 2. The van der Waals surface area contributed by atoms with E-state index in [9.17, 15) is 10.1 Å². The third-order valence-corrected chi connectivity index (χ3v) is 2.56. The van der Waals surface area contributed by atoms with Gasteiger partial charge in [0.2, 0.25) is 0 Å². The van der Waals surface area contributed by atoms with Gasteiger partial charge in [-0.3, -0.25) is 10.1 Å². The third-order valence-electron chi connectivity index (χ3n) is 2.56. The van der Waals surface area contributed by atoms with E-state index in [-0.39, 0.29) is 11.2 Å². The molecule has 112 valence electrons. The molecule has 1 N–H and O–H groups in total. The highest BCUT2D eigenvalue weighted by molar-refractivity contribution is 5.57. The van der Waals surface area contributed by atoms with Crippen molar-refractivity contribution in [3.8, 4) is 5.75 Å². The average molecular weight is 282 g/mol. The van der Waals surface area contributed by atoms with Crippen molar-refractivity contribution < 1.29 is 14.4 Å². The van der Waals surface area contributed by atoms with Crippen LogP contribution in [0, 0.1) is 10.1 Å². The normalized spacial score (nSPS) is 11.2. The molecular weight excluding hydrogens is 260 g/mol. The zero-order chi connectivity index (χ0) is 15.2. The number of hydrogen-bond donors (Lipinski definition) is 1. The number of nitro benzene ring substituents is 1. The summed E-state index contributed by atoms with van der Waals surface area (Å²) in [5, 5.41) is 14.2. The molecule has 0 spiro atoms. The van der Waals surface area contributed by atoms with Crippen LogP contribution in [0.1, 0.15) is 27.2 Å². The molecule has 0 aliphatic heterocycles. The van der Waals surface area contributed by atoms with Crippen molar-refractivity contribution >= 4 is 11.4 Å². The number of rotatable bonds is 8. The smallest absolute Gasteiger partial charge is 0.275 e. The molecule has 0 aromatic heterocycles. The first-order valence-electron chi connectivity index (χ1n) is 6.57. The van der Waals surface area contributed by atoms with Crippen LogP contribution in [0.4, 0.5) is 11.4 Å². The Labute approximate surface area is 119 Å². The van der Waals surface area contributed by atoms with Crippen LogP contribution in [0.25, 0.3) is 0 Å². The Kier molecular flexibility index (Phi) is 5.76. The lowest BCUT2D eigenvalue weighted by Gasteiger charge is -2.26. The number of hydrogen-bond acceptors (Lipinski definition) is 5. The summed E-state index contributed by atoms with van der Waals surface area (Å²) in [6.45, 7) is 6.92. The van der Waals surface area contributed by atoms with Gasteiger partial charge in [-0.25, -0.2) is 0 Å². The topological polar surface area (TPSA) is 73.6 Å². The van der Waals surface area contributed by atoms with E-state index < -0.39 is 4.92 Å². The Hall–Kier alpha value is -1.82. The monoisotopic (exact) mass is 282 g/mol. The molecule has 0 amide bonds. The van der Waals surface area contributed by atoms with Crippen molar-refractivity contribution in [1.82, 2.24) is 0 Å². The SMILES string of the molecule is CCCOc1cc(NC(C)(C)COC)cc([N+](=O)[O-])c1. The van der Waals surface area contributed by atoms with Crippen molar-refractivity contribution in [2.24, 2.45) is 0 Å². The minimum absolute atomic E-state index is 0.00863. The Bertz CT molecular complexity index is 460. The maximum absolute atomic E-state index is 11.0. The Balaban J connectivity index is 2.99. The highest BCUT2D eigenvalue weighted by Gasteiger charge is 2.19. The third kappa shape index (κ3) is 5.05. The van der Waals surface area contributed by atoms with E-state index in [0.29, 0.717) is 24.7 Å². The molecule has 0 bridgehead atoms. The molecular formula is C14H22N2O4. The van der Waals surface area contributed by atoms with Gasteiger partial charge in [0.05, 0.1) is 29.7 Å². The van der Waals surface area contributed by atoms with Crippen molar-refractivity contribution in [3.05, 3.63) is 28.3 Å². The molecule has 0 fully saturated rings. The van der Waals surface area contributed by atoms with E-state index in [1.165, 1.54) is 12.1 Å². The Morgan fingerprint density at radius 3 is 2.60 bits per heavy atom. The zero-order valence-corrected chi connectivity index (χ0v) is 12.4. The second kappa shape index (κ2) is 7.09. The van der Waals surface area contributed by atoms with Gasteiger partial charge in [0.1, 0.15) is 5.75 Å². The van der Waals surface area contributed by atoms with E-state index in [4.69, 9.17) is 9.47 Å². The number of nitrogens with zero attached hydrogens (tertiary/aromatic N) is 1. The molecule has 20 heavy (non-hydrogen) atoms. The van der Waals surface area contributed by atoms with E-state index in [0.717, 1.165) is 6.42 Å². The number of non-ortho nitro benzene ring substituents is 1. The fourth-order valence-corrected chi connectivity index (χ4v) is 1.85. The predicted molar refractivity (Wildman–Crippen MR) is 78.5 cm³/mol. The molecule has 1 aromatic rings. The van der Waals surface area contributed by atoms with Crippen LogP contribution in [-0.2, 0) is 4.74 Å². The number of nitro groups is 1. The summed E-state index contributed by atoms with van der Waals surface area (Å²) in [6, 6.07) is 4.69. The van der Waals surface area contributed by atoms with Gasteiger partial charge in [-0.05, 0) is 20.3 Å². The number of methoxy groups -OCH3 is 1. The molecule has 0 atom stereocenters. The fourth-order valence-electron chi connectivity index (χ4n) is 1.85. The summed E-state index contributed by atoms with van der Waals surface area (Å²) in [5.41, 5.74) is 0.327. The molecule has 1 aromatic carbocycles. The molecule has 0 unspecified atom stereocenters. The summed E-state index contributed by atoms with van der Waals surface area (Å²) in [5.74, 6) is 0.497. The Morgan fingerprint density at radius 1 is 1.35 bits per heavy atom. The van der Waals surface area contributed by atoms with Crippen LogP contribution in [0.5, 0.6) is 5.75 Å². The van der Waals surface area contributed by atoms with E-state index >= 15 is 0 Å². The molecule has 0 saturated heterocycles. The van der Waals surface area contributed by atoms with Gasteiger partial charge in [0.15, 0.2) is 0 Å². The minimum Gasteiger partial charge on any atom is -0.493 e. The molecule has 0 aliphatic rings. The maximum atomic E-state index is 11.0. The number of benzene rings is 1. The van der Waals surface area contributed by atoms with Crippen molar-refractivity contribution in [3.63, 3.8) is 0 Å². The van der Waals surface area contributed by atoms with Crippen molar-refractivity contribution in [2.75, 3.05) is 25.6 Å². The molecule has 0 saturated carbocycles. The van der Waals surface area contributed by atoms with Crippen LogP contribution in [-0.4, -0.2) is 30.8 Å². The van der Waals surface area contributed by atoms with E-state index in [1.54, 1.807) is 13.2 Å². The van der Waals surface area contributed by atoms with Crippen LogP contribution in [0.2, 0.25) is 0 Å². The van der Waals surface area contributed by atoms with Gasteiger partial charge in [-0.2, -0.15) is 0 Å². The minimum atomic E-state index is -0.423. The first kappa shape index (κ1) is 16.2. The second-order valence-corrected chi connectivity index (χ2v) is 5.26. The lowest BCUT2D eigenvalue weighted by atomic mass is 10.1. The van der Waals surface area contributed by atoms with E-state index in [1.807, 2.05) is 20.8 Å². The van der Waals surface area contributed by atoms with Gasteiger partial charge >= 0.3 is 0 Å². The molecule has 0 aliphatic carbocycles.